The molecule has 5 rings (SSSR count). The molecule has 4 aromatic rings. The minimum atomic E-state index is -0.269. The number of benzene rings is 1. The molecule has 0 spiro atoms. The summed E-state index contributed by atoms with van der Waals surface area (Å²) in [5.41, 5.74) is 8.14. The lowest BCUT2D eigenvalue weighted by Gasteiger charge is -2.31. The van der Waals surface area contributed by atoms with Gasteiger partial charge in [0.25, 0.3) is 5.56 Å². The van der Waals surface area contributed by atoms with Crippen molar-refractivity contribution in [3.05, 3.63) is 62.8 Å². The molecule has 0 bridgehead atoms. The Morgan fingerprint density at radius 1 is 1.27 bits per heavy atom. The molecule has 1 atom stereocenters. The number of hydrogen-bond acceptors (Lipinski definition) is 6. The highest BCUT2D eigenvalue weighted by Gasteiger charge is 2.24. The maximum atomic E-state index is 13.6. The predicted molar refractivity (Wildman–Crippen MR) is 128 cm³/mol. The number of rotatable bonds is 4. The van der Waals surface area contributed by atoms with Gasteiger partial charge in [-0.2, -0.15) is 5.10 Å². The minimum absolute atomic E-state index is 0.0727. The van der Waals surface area contributed by atoms with Crippen LogP contribution >= 0.6 is 0 Å². The van der Waals surface area contributed by atoms with Gasteiger partial charge in [-0.3, -0.25) is 14.2 Å². The van der Waals surface area contributed by atoms with Gasteiger partial charge < -0.3 is 15.6 Å². The van der Waals surface area contributed by atoms with Gasteiger partial charge in [0.1, 0.15) is 11.0 Å². The number of nitrogens with two attached hydrogens (primary N) is 1. The number of piperidine rings is 1. The summed E-state index contributed by atoms with van der Waals surface area (Å²) in [4.78, 5) is 35.4. The van der Waals surface area contributed by atoms with Gasteiger partial charge in [0.15, 0.2) is 0 Å². The molecule has 168 valence electrons. The third-order valence-electron chi connectivity index (χ3n) is 6.04. The highest BCUT2D eigenvalue weighted by Crippen LogP contribution is 2.23. The molecule has 1 aliphatic heterocycles. The van der Waals surface area contributed by atoms with Gasteiger partial charge >= 0.3 is 0 Å². The zero-order chi connectivity index (χ0) is 22.9. The Morgan fingerprint density at radius 2 is 2.12 bits per heavy atom. The van der Waals surface area contributed by atoms with Crippen molar-refractivity contribution in [3.8, 4) is 11.8 Å². The van der Waals surface area contributed by atoms with Crippen LogP contribution in [0.25, 0.3) is 21.9 Å². The minimum Gasteiger partial charge on any atom is -0.341 e. The van der Waals surface area contributed by atoms with E-state index in [4.69, 9.17) is 10.7 Å². The fourth-order valence-electron chi connectivity index (χ4n) is 4.50. The summed E-state index contributed by atoms with van der Waals surface area (Å²) in [6.07, 6.45) is 3.56. The van der Waals surface area contributed by atoms with Gasteiger partial charge in [0, 0.05) is 36.1 Å². The van der Waals surface area contributed by atoms with Crippen LogP contribution in [0.1, 0.15) is 25.3 Å². The van der Waals surface area contributed by atoms with Crippen molar-refractivity contribution in [1.82, 2.24) is 24.3 Å². The molecule has 0 aliphatic carbocycles. The average molecular weight is 444 g/mol. The molecular formula is C24H25N7O2. The molecule has 1 aliphatic rings. The maximum absolute atomic E-state index is 13.6. The number of fused-ring (bicyclic) bond motifs is 2. The van der Waals surface area contributed by atoms with Crippen molar-refractivity contribution in [2.24, 2.45) is 5.73 Å². The Bertz CT molecular complexity index is 1520. The zero-order valence-corrected chi connectivity index (χ0v) is 18.4. The predicted octanol–water partition coefficient (Wildman–Crippen LogP) is 1.43. The number of hydrogen-bond donors (Lipinski definition) is 2. The normalized spacial score (nSPS) is 16.2. The summed E-state index contributed by atoms with van der Waals surface area (Å²) in [7, 11) is 0. The van der Waals surface area contributed by atoms with E-state index in [1.165, 1.54) is 10.7 Å². The van der Waals surface area contributed by atoms with Gasteiger partial charge in [-0.05, 0) is 31.4 Å². The molecule has 0 amide bonds. The molecule has 0 radical (unpaired) electrons. The van der Waals surface area contributed by atoms with Crippen molar-refractivity contribution in [1.29, 1.82) is 0 Å². The average Bonchev–Trinajstić information content (AvgIpc) is 3.18. The molecule has 0 saturated carbocycles. The van der Waals surface area contributed by atoms with E-state index >= 15 is 0 Å². The monoisotopic (exact) mass is 443 g/mol. The number of anilines is 1. The number of imidazole rings is 1. The molecule has 1 saturated heterocycles. The third kappa shape index (κ3) is 3.90. The Labute approximate surface area is 189 Å². The lowest BCUT2D eigenvalue weighted by atomic mass is 10.1. The van der Waals surface area contributed by atoms with Crippen LogP contribution in [0.4, 0.5) is 5.95 Å². The first-order valence-corrected chi connectivity index (χ1v) is 11.0. The fourth-order valence-corrected chi connectivity index (χ4v) is 4.50. The first-order valence-electron chi connectivity index (χ1n) is 11.0. The highest BCUT2D eigenvalue weighted by molar-refractivity contribution is 5.82. The maximum Gasteiger partial charge on any atom is 0.293 e. The number of para-hydroxylation sites is 1. The SMILES string of the molecule is CC#CCn1c(N2CCCC(N)C2)nc2cnn(Cc3cc(=O)[nH]c4ccccc34)c(=O)c21. The van der Waals surface area contributed by atoms with E-state index in [1.807, 2.05) is 28.8 Å². The van der Waals surface area contributed by atoms with Gasteiger partial charge in [0.05, 0.1) is 19.3 Å². The molecule has 9 heteroatoms. The second kappa shape index (κ2) is 8.56. The van der Waals surface area contributed by atoms with E-state index in [9.17, 15) is 9.59 Å². The Balaban J connectivity index is 1.64. The number of aromatic amines is 1. The van der Waals surface area contributed by atoms with Crippen molar-refractivity contribution in [2.45, 2.75) is 38.9 Å². The second-order valence-corrected chi connectivity index (χ2v) is 8.32. The van der Waals surface area contributed by atoms with Crippen LogP contribution in [0.3, 0.4) is 0 Å². The van der Waals surface area contributed by atoms with Gasteiger partial charge in [-0.1, -0.05) is 24.1 Å². The standard InChI is InChI=1S/C24H25N7O2/c1-2-3-11-30-22-20(28-24(30)29-10-6-7-17(25)15-29)13-26-31(23(22)33)14-16-12-21(32)27-19-9-5-4-8-18(16)19/h4-5,8-9,12-13,17H,6-7,10-11,14-15,25H2,1H3,(H,27,32). The lowest BCUT2D eigenvalue weighted by molar-refractivity contribution is 0.496. The van der Waals surface area contributed by atoms with Gasteiger partial charge in [-0.25, -0.2) is 9.67 Å². The summed E-state index contributed by atoms with van der Waals surface area (Å²) in [5, 5.41) is 5.24. The molecular weight excluding hydrogens is 418 g/mol. The van der Waals surface area contributed by atoms with Crippen molar-refractivity contribution < 1.29 is 0 Å². The van der Waals surface area contributed by atoms with Crippen LogP contribution in [-0.2, 0) is 13.1 Å². The largest absolute Gasteiger partial charge is 0.341 e. The van der Waals surface area contributed by atoms with E-state index in [2.05, 4.69) is 26.8 Å². The number of nitrogens with one attached hydrogen (secondary N) is 1. The van der Waals surface area contributed by atoms with E-state index in [-0.39, 0.29) is 23.7 Å². The molecule has 1 unspecified atom stereocenters. The second-order valence-electron chi connectivity index (χ2n) is 8.32. The molecule has 3 N–H and O–H groups in total. The van der Waals surface area contributed by atoms with Crippen LogP contribution in [0, 0.1) is 11.8 Å². The molecule has 4 heterocycles. The molecule has 3 aromatic heterocycles. The molecule has 9 nitrogen and oxygen atoms in total. The topological polar surface area (TPSA) is 115 Å². The highest BCUT2D eigenvalue weighted by atomic mass is 16.1. The van der Waals surface area contributed by atoms with Crippen molar-refractivity contribution >= 4 is 27.9 Å². The lowest BCUT2D eigenvalue weighted by Crippen LogP contribution is -2.44. The smallest absolute Gasteiger partial charge is 0.293 e. The summed E-state index contributed by atoms with van der Waals surface area (Å²) >= 11 is 0. The zero-order valence-electron chi connectivity index (χ0n) is 18.4. The Hall–Kier alpha value is -3.90. The van der Waals surface area contributed by atoms with Crippen LogP contribution in [0.5, 0.6) is 0 Å². The molecule has 33 heavy (non-hydrogen) atoms. The van der Waals surface area contributed by atoms with Crippen molar-refractivity contribution in [3.63, 3.8) is 0 Å². The summed E-state index contributed by atoms with van der Waals surface area (Å²) in [6.45, 7) is 3.81. The van der Waals surface area contributed by atoms with E-state index in [0.29, 0.717) is 30.1 Å². The van der Waals surface area contributed by atoms with Crippen LogP contribution in [-0.4, -0.2) is 43.4 Å². The van der Waals surface area contributed by atoms with Crippen LogP contribution < -0.4 is 21.8 Å². The Morgan fingerprint density at radius 3 is 2.94 bits per heavy atom. The van der Waals surface area contributed by atoms with E-state index in [1.54, 1.807) is 13.1 Å². The number of aromatic nitrogens is 5. The van der Waals surface area contributed by atoms with E-state index in [0.717, 1.165) is 35.9 Å². The van der Waals surface area contributed by atoms with Gasteiger partial charge in [0.2, 0.25) is 11.5 Å². The van der Waals surface area contributed by atoms with Gasteiger partial charge in [-0.15, -0.1) is 5.92 Å². The summed E-state index contributed by atoms with van der Waals surface area (Å²) < 4.78 is 3.24. The van der Waals surface area contributed by atoms with Crippen molar-refractivity contribution in [2.75, 3.05) is 18.0 Å². The molecule has 1 aromatic carbocycles. The summed E-state index contributed by atoms with van der Waals surface area (Å²) in [6, 6.07) is 9.11. The number of nitrogens with zero attached hydrogens (tertiary/aromatic N) is 5. The first kappa shape index (κ1) is 21.0. The quantitative estimate of drug-likeness (QED) is 0.461. The number of pyridine rings is 1. The first-order chi connectivity index (χ1) is 16.0. The molecule has 1 fully saturated rings. The Kier molecular flexibility index (Phi) is 5.44. The van der Waals surface area contributed by atoms with Crippen LogP contribution in [0.15, 0.2) is 46.1 Å². The summed E-state index contributed by atoms with van der Waals surface area (Å²) in [5.74, 6) is 6.66. The third-order valence-corrected chi connectivity index (χ3v) is 6.04. The number of H-pyrrole nitrogens is 1. The van der Waals surface area contributed by atoms with E-state index < -0.39 is 0 Å². The van der Waals surface area contributed by atoms with Crippen LogP contribution in [0.2, 0.25) is 0 Å². The fraction of sp³-hybridized carbons (Fsp3) is 0.333.